The van der Waals surface area contributed by atoms with E-state index in [9.17, 15) is 0 Å². The summed E-state index contributed by atoms with van der Waals surface area (Å²) >= 11 is 6.19. The third-order valence-corrected chi connectivity index (χ3v) is 3.69. The molecule has 5 heteroatoms. The zero-order valence-electron chi connectivity index (χ0n) is 9.23. The minimum Gasteiger partial charge on any atom is -0.167 e. The van der Waals surface area contributed by atoms with E-state index < -0.39 is 0 Å². The van der Waals surface area contributed by atoms with Crippen molar-refractivity contribution in [1.29, 1.82) is 0 Å². The van der Waals surface area contributed by atoms with Crippen molar-refractivity contribution in [2.24, 2.45) is 18.9 Å². The fraction of sp³-hybridized carbons (Fsp3) is 0.900. The molecule has 1 aromatic heterocycles. The first-order chi connectivity index (χ1) is 7.15. The summed E-state index contributed by atoms with van der Waals surface area (Å²) in [7, 11) is 1.80. The van der Waals surface area contributed by atoms with Crippen LogP contribution >= 0.6 is 11.6 Å². The molecule has 0 amide bonds. The molecule has 1 aliphatic carbocycles. The van der Waals surface area contributed by atoms with Crippen molar-refractivity contribution in [3.8, 4) is 0 Å². The number of nitrogens with zero attached hydrogens (tertiary/aromatic N) is 4. The van der Waals surface area contributed by atoms with Gasteiger partial charge in [0.15, 0.2) is 5.82 Å². The normalized spacial score (nSPS) is 31.8. The van der Waals surface area contributed by atoms with Crippen molar-refractivity contribution in [2.75, 3.05) is 0 Å². The smallest absolute Gasteiger partial charge is 0.167 e. The van der Waals surface area contributed by atoms with Crippen molar-refractivity contribution in [2.45, 2.75) is 38.0 Å². The van der Waals surface area contributed by atoms with Crippen molar-refractivity contribution in [1.82, 2.24) is 20.2 Å². The van der Waals surface area contributed by atoms with E-state index in [0.29, 0.717) is 11.3 Å². The van der Waals surface area contributed by atoms with Crippen LogP contribution in [0.25, 0.3) is 0 Å². The minimum absolute atomic E-state index is 0.336. The van der Waals surface area contributed by atoms with Crippen LogP contribution in [-0.4, -0.2) is 25.6 Å². The van der Waals surface area contributed by atoms with Crippen LogP contribution in [0.15, 0.2) is 0 Å². The molecule has 1 heterocycles. The van der Waals surface area contributed by atoms with Gasteiger partial charge in [-0.25, -0.2) is 0 Å². The molecule has 1 saturated carbocycles. The Kier molecular flexibility index (Phi) is 3.24. The Hall–Kier alpha value is -0.640. The molecular formula is C10H17ClN4. The first-order valence-electron chi connectivity index (χ1n) is 5.52. The molecular weight excluding hydrogens is 212 g/mol. The van der Waals surface area contributed by atoms with Crippen molar-refractivity contribution in [3.05, 3.63) is 5.82 Å². The number of rotatable bonds is 2. The quantitative estimate of drug-likeness (QED) is 0.725. The maximum atomic E-state index is 6.19. The first-order valence-corrected chi connectivity index (χ1v) is 5.95. The Bertz CT molecular complexity index is 325. The summed E-state index contributed by atoms with van der Waals surface area (Å²) in [5.74, 6) is 2.19. The Morgan fingerprint density at radius 1 is 1.47 bits per heavy atom. The van der Waals surface area contributed by atoms with E-state index in [-0.39, 0.29) is 0 Å². The zero-order valence-corrected chi connectivity index (χ0v) is 9.98. The lowest BCUT2D eigenvalue weighted by atomic mass is 9.78. The lowest BCUT2D eigenvalue weighted by molar-refractivity contribution is 0.255. The van der Waals surface area contributed by atoms with Gasteiger partial charge in [0.2, 0.25) is 0 Å². The molecule has 1 fully saturated rings. The summed E-state index contributed by atoms with van der Waals surface area (Å²) in [6.45, 7) is 2.30. The predicted molar refractivity (Wildman–Crippen MR) is 58.6 cm³/mol. The summed E-state index contributed by atoms with van der Waals surface area (Å²) in [6, 6.07) is 0. The van der Waals surface area contributed by atoms with Gasteiger partial charge in [0, 0.05) is 11.8 Å². The minimum atomic E-state index is 0.336. The summed E-state index contributed by atoms with van der Waals surface area (Å²) in [5, 5.41) is 12.4. The van der Waals surface area contributed by atoms with Crippen LogP contribution in [0.4, 0.5) is 0 Å². The zero-order chi connectivity index (χ0) is 10.8. The van der Waals surface area contributed by atoms with Crippen molar-refractivity contribution >= 4 is 11.6 Å². The molecule has 3 unspecified atom stereocenters. The summed E-state index contributed by atoms with van der Waals surface area (Å²) < 4.78 is 0. The Balaban J connectivity index is 1.98. The fourth-order valence-corrected chi connectivity index (χ4v) is 2.64. The number of alkyl halides is 1. The molecule has 0 aliphatic heterocycles. The summed E-state index contributed by atoms with van der Waals surface area (Å²) in [6.07, 6.45) is 4.37. The summed E-state index contributed by atoms with van der Waals surface area (Å²) in [5.41, 5.74) is 0. The van der Waals surface area contributed by atoms with Crippen molar-refractivity contribution < 1.29 is 0 Å². The van der Waals surface area contributed by atoms with Gasteiger partial charge >= 0.3 is 0 Å². The molecule has 0 saturated heterocycles. The monoisotopic (exact) mass is 228 g/mol. The molecule has 0 bridgehead atoms. The average molecular weight is 229 g/mol. The molecule has 3 atom stereocenters. The highest BCUT2D eigenvalue weighted by molar-refractivity contribution is 6.20. The predicted octanol–water partition coefficient (Wildman–Crippen LogP) is 1.80. The van der Waals surface area contributed by atoms with Crippen molar-refractivity contribution in [3.63, 3.8) is 0 Å². The first kappa shape index (κ1) is 10.9. The third kappa shape index (κ3) is 2.68. The van der Waals surface area contributed by atoms with Gasteiger partial charge in [-0.1, -0.05) is 6.92 Å². The summed E-state index contributed by atoms with van der Waals surface area (Å²) in [4.78, 5) is 1.51. The van der Waals surface area contributed by atoms with Crippen LogP contribution in [0.2, 0.25) is 0 Å². The molecule has 0 N–H and O–H groups in total. The Morgan fingerprint density at radius 2 is 2.27 bits per heavy atom. The van der Waals surface area contributed by atoms with E-state index in [2.05, 4.69) is 22.3 Å². The number of hydrogen-bond donors (Lipinski definition) is 0. The number of aromatic nitrogens is 4. The second-order valence-electron chi connectivity index (χ2n) is 4.55. The number of aryl methyl sites for hydroxylation is 1. The molecule has 4 nitrogen and oxygen atoms in total. The van der Waals surface area contributed by atoms with Gasteiger partial charge in [-0.15, -0.1) is 21.8 Å². The second-order valence-corrected chi connectivity index (χ2v) is 5.16. The van der Waals surface area contributed by atoms with Gasteiger partial charge in [-0.2, -0.15) is 4.80 Å². The van der Waals surface area contributed by atoms with Crippen LogP contribution in [0.3, 0.4) is 0 Å². The topological polar surface area (TPSA) is 43.6 Å². The highest BCUT2D eigenvalue weighted by Gasteiger charge is 2.27. The second kappa shape index (κ2) is 4.47. The third-order valence-electron chi connectivity index (χ3n) is 3.29. The highest BCUT2D eigenvalue weighted by Crippen LogP contribution is 2.34. The average Bonchev–Trinajstić information content (AvgIpc) is 2.58. The van der Waals surface area contributed by atoms with Crippen LogP contribution in [-0.2, 0) is 13.5 Å². The molecule has 84 valence electrons. The van der Waals surface area contributed by atoms with Crippen LogP contribution in [0, 0.1) is 11.8 Å². The van der Waals surface area contributed by atoms with Crippen LogP contribution in [0.1, 0.15) is 32.0 Å². The molecule has 0 radical (unpaired) electrons. The Morgan fingerprint density at radius 3 is 2.93 bits per heavy atom. The van der Waals surface area contributed by atoms with Gasteiger partial charge in [0.05, 0.1) is 7.05 Å². The van der Waals surface area contributed by atoms with E-state index in [1.54, 1.807) is 7.05 Å². The van der Waals surface area contributed by atoms with E-state index >= 15 is 0 Å². The number of tetrazole rings is 1. The maximum absolute atomic E-state index is 6.19. The highest BCUT2D eigenvalue weighted by atomic mass is 35.5. The van der Waals surface area contributed by atoms with Gasteiger partial charge < -0.3 is 0 Å². The van der Waals surface area contributed by atoms with Gasteiger partial charge in [0.25, 0.3) is 0 Å². The molecule has 0 aromatic carbocycles. The lowest BCUT2D eigenvalue weighted by Crippen LogP contribution is -2.25. The SMILES string of the molecule is CC1CCC(Cl)CC1Cc1nnn(C)n1. The molecule has 0 spiro atoms. The largest absolute Gasteiger partial charge is 0.175 e. The molecule has 2 rings (SSSR count). The van der Waals surface area contributed by atoms with Gasteiger partial charge in [0.1, 0.15) is 0 Å². The van der Waals surface area contributed by atoms with E-state index in [1.807, 2.05) is 0 Å². The molecule has 15 heavy (non-hydrogen) atoms. The fourth-order valence-electron chi connectivity index (χ4n) is 2.28. The van der Waals surface area contributed by atoms with E-state index in [0.717, 1.165) is 31.0 Å². The van der Waals surface area contributed by atoms with E-state index in [4.69, 9.17) is 11.6 Å². The Labute approximate surface area is 95.0 Å². The molecule has 1 aliphatic rings. The van der Waals surface area contributed by atoms with Gasteiger partial charge in [-0.05, 0) is 36.3 Å². The molecule has 1 aromatic rings. The lowest BCUT2D eigenvalue weighted by Gasteiger charge is -2.30. The van der Waals surface area contributed by atoms with Gasteiger partial charge in [-0.3, -0.25) is 0 Å². The van der Waals surface area contributed by atoms with Crippen LogP contribution < -0.4 is 0 Å². The maximum Gasteiger partial charge on any atom is 0.175 e. The number of hydrogen-bond acceptors (Lipinski definition) is 3. The number of halogens is 1. The van der Waals surface area contributed by atoms with E-state index in [1.165, 1.54) is 11.2 Å². The standard InChI is InChI=1S/C10H17ClN4/c1-7-3-4-9(11)5-8(7)6-10-12-14-15(2)13-10/h7-9H,3-6H2,1-2H3. The van der Waals surface area contributed by atoms with Crippen LogP contribution in [0.5, 0.6) is 0 Å².